The van der Waals surface area contributed by atoms with E-state index >= 15 is 0 Å². The molecule has 1 aromatic heterocycles. The fourth-order valence-electron chi connectivity index (χ4n) is 3.57. The largest absolute Gasteiger partial charge is 0.489 e. The number of carbonyl (C=O) groups excluding carboxylic acids is 1. The zero-order valence-electron chi connectivity index (χ0n) is 20.2. The summed E-state index contributed by atoms with van der Waals surface area (Å²) in [5, 5.41) is 4.73. The molecule has 0 bridgehead atoms. The van der Waals surface area contributed by atoms with Gasteiger partial charge in [-0.15, -0.1) is 0 Å². The Balaban J connectivity index is 1.77. The molecule has 0 atom stereocenters. The van der Waals surface area contributed by atoms with Gasteiger partial charge in [-0.3, -0.25) is 4.79 Å². The minimum atomic E-state index is -0.211. The fraction of sp³-hybridized carbons (Fsp3) is 0.308. The highest BCUT2D eigenvalue weighted by atomic mass is 35.5. The molecular weight excluding hydrogens is 468 g/mol. The zero-order chi connectivity index (χ0) is 25.4. The van der Waals surface area contributed by atoms with Crippen molar-refractivity contribution >= 4 is 40.1 Å². The molecule has 0 aliphatic heterocycles. The number of aliphatic imine (C=N–C) groups is 1. The smallest absolute Gasteiger partial charge is 0.307 e. The van der Waals surface area contributed by atoms with E-state index in [9.17, 15) is 4.79 Å². The number of nitrogens with two attached hydrogens (primary N) is 1. The molecule has 0 fully saturated rings. The summed E-state index contributed by atoms with van der Waals surface area (Å²) in [6.45, 7) is 11.3. The van der Waals surface area contributed by atoms with Crippen molar-refractivity contribution in [3.8, 4) is 5.75 Å². The van der Waals surface area contributed by atoms with Crippen LogP contribution < -0.4 is 16.0 Å². The number of fused-ring (bicyclic) bond motifs is 1. The second-order valence-electron chi connectivity index (χ2n) is 8.07. The molecule has 2 aromatic carbocycles. The first kappa shape index (κ1) is 26.3. The van der Waals surface area contributed by atoms with E-state index in [1.165, 1.54) is 0 Å². The number of benzene rings is 2. The molecule has 0 aliphatic rings. The number of hydrogen-bond acceptors (Lipinski definition) is 7. The van der Waals surface area contributed by atoms with E-state index < -0.39 is 0 Å². The van der Waals surface area contributed by atoms with Crippen LogP contribution >= 0.6 is 11.6 Å². The Kier molecular flexibility index (Phi) is 9.31. The molecule has 1 heterocycles. The number of halogens is 1. The number of esters is 1. The van der Waals surface area contributed by atoms with E-state index in [4.69, 9.17) is 31.8 Å². The van der Waals surface area contributed by atoms with E-state index in [1.807, 2.05) is 38.2 Å². The molecule has 0 aliphatic carbocycles. The maximum Gasteiger partial charge on any atom is 0.307 e. The molecule has 186 valence electrons. The van der Waals surface area contributed by atoms with Gasteiger partial charge in [-0.05, 0) is 44.5 Å². The summed E-state index contributed by atoms with van der Waals surface area (Å²) >= 11 is 6.36. The van der Waals surface area contributed by atoms with Crippen molar-refractivity contribution in [2.24, 2.45) is 10.9 Å². The van der Waals surface area contributed by atoms with E-state index in [1.54, 1.807) is 25.1 Å². The normalized spacial score (nSPS) is 11.7. The number of hydrogen-bond donors (Lipinski definition) is 3. The number of aromatic nitrogens is 1. The van der Waals surface area contributed by atoms with Crippen LogP contribution in [0.2, 0.25) is 5.02 Å². The van der Waals surface area contributed by atoms with Crippen molar-refractivity contribution in [3.63, 3.8) is 0 Å². The number of nitrogens with one attached hydrogen (secondary N) is 2. The predicted octanol–water partition coefficient (Wildman–Crippen LogP) is 4.96. The standard InChI is InChI=1S/C26H31ClN4O4/c1-5-33-24(32)11-12-29-14-19-15-30-25-20(7-6-8-21(19)25)17(4)31-26(35-28)18-9-10-23(22(27)13-18)34-16(2)3/h6-10,13,15-16,29-30H,4-5,11-12,14,28H2,1-3H3. The van der Waals surface area contributed by atoms with Gasteiger partial charge in [-0.25, -0.2) is 4.99 Å². The van der Waals surface area contributed by atoms with Crippen molar-refractivity contribution in [1.82, 2.24) is 10.3 Å². The third kappa shape index (κ3) is 6.85. The molecule has 35 heavy (non-hydrogen) atoms. The average molecular weight is 499 g/mol. The van der Waals surface area contributed by atoms with Gasteiger partial charge in [-0.2, -0.15) is 5.90 Å². The van der Waals surface area contributed by atoms with Crippen molar-refractivity contribution in [3.05, 3.63) is 70.9 Å². The zero-order valence-corrected chi connectivity index (χ0v) is 20.9. The lowest BCUT2D eigenvalue weighted by Gasteiger charge is -2.13. The lowest BCUT2D eigenvalue weighted by Crippen LogP contribution is -2.18. The number of rotatable bonds is 11. The van der Waals surface area contributed by atoms with Crippen LogP contribution in [0, 0.1) is 0 Å². The fourth-order valence-corrected chi connectivity index (χ4v) is 3.80. The van der Waals surface area contributed by atoms with Gasteiger partial charge in [0, 0.05) is 35.8 Å². The molecule has 0 unspecified atom stereocenters. The summed E-state index contributed by atoms with van der Waals surface area (Å²) in [7, 11) is 0. The summed E-state index contributed by atoms with van der Waals surface area (Å²) in [4.78, 5) is 24.4. The number of para-hydroxylation sites is 1. The maximum atomic E-state index is 11.5. The van der Waals surface area contributed by atoms with Crippen LogP contribution in [0.3, 0.4) is 0 Å². The van der Waals surface area contributed by atoms with E-state index in [0.29, 0.717) is 48.1 Å². The van der Waals surface area contributed by atoms with E-state index in [-0.39, 0.29) is 18.0 Å². The van der Waals surface area contributed by atoms with Crippen molar-refractivity contribution < 1.29 is 19.1 Å². The molecule has 8 nitrogen and oxygen atoms in total. The Hall–Kier alpha value is -3.33. The van der Waals surface area contributed by atoms with Crippen molar-refractivity contribution in [2.45, 2.75) is 39.8 Å². The van der Waals surface area contributed by atoms with Crippen LogP contribution in [-0.2, 0) is 20.9 Å². The molecule has 9 heteroatoms. The molecule has 0 spiro atoms. The molecule has 3 rings (SSSR count). The Morgan fingerprint density at radius 1 is 1.29 bits per heavy atom. The van der Waals surface area contributed by atoms with Gasteiger partial charge in [0.1, 0.15) is 5.75 Å². The molecular formula is C26H31ClN4O4. The van der Waals surface area contributed by atoms with Crippen LogP contribution in [0.1, 0.15) is 43.9 Å². The Morgan fingerprint density at radius 3 is 2.77 bits per heavy atom. The number of ether oxygens (including phenoxy) is 2. The highest BCUT2D eigenvalue weighted by Gasteiger charge is 2.14. The number of aromatic amines is 1. The summed E-state index contributed by atoms with van der Waals surface area (Å²) < 4.78 is 10.6. The summed E-state index contributed by atoms with van der Waals surface area (Å²) in [6.07, 6.45) is 2.25. The first-order chi connectivity index (χ1) is 16.8. The Morgan fingerprint density at radius 2 is 2.09 bits per heavy atom. The quantitative estimate of drug-likeness (QED) is 0.113. The van der Waals surface area contributed by atoms with Gasteiger partial charge in [0.2, 0.25) is 5.90 Å². The van der Waals surface area contributed by atoms with Gasteiger partial charge in [-0.1, -0.05) is 36.4 Å². The molecule has 4 N–H and O–H groups in total. The van der Waals surface area contributed by atoms with Crippen LogP contribution in [0.25, 0.3) is 16.6 Å². The third-order valence-electron chi connectivity index (χ3n) is 5.13. The second-order valence-corrected chi connectivity index (χ2v) is 8.47. The summed E-state index contributed by atoms with van der Waals surface area (Å²) in [5.41, 5.74) is 3.82. The first-order valence-electron chi connectivity index (χ1n) is 11.4. The highest BCUT2D eigenvalue weighted by Crippen LogP contribution is 2.29. The average Bonchev–Trinajstić information content (AvgIpc) is 3.24. The minimum Gasteiger partial charge on any atom is -0.489 e. The van der Waals surface area contributed by atoms with E-state index in [2.05, 4.69) is 21.9 Å². The first-order valence-corrected chi connectivity index (χ1v) is 11.8. The second kappa shape index (κ2) is 12.4. The molecule has 0 saturated heterocycles. The molecule has 0 saturated carbocycles. The SMILES string of the molecule is C=C(N=C(ON)c1ccc(OC(C)C)c(Cl)c1)c1cccc2c(CNCCC(=O)OCC)c[nH]c12. The number of nitrogens with zero attached hydrogens (tertiary/aromatic N) is 1. The minimum absolute atomic E-state index is 0.00374. The molecule has 3 aromatic rings. The van der Waals surface area contributed by atoms with Crippen molar-refractivity contribution in [1.29, 1.82) is 0 Å². The third-order valence-corrected chi connectivity index (χ3v) is 5.42. The van der Waals surface area contributed by atoms with Gasteiger partial charge in [0.25, 0.3) is 0 Å². The summed E-state index contributed by atoms with van der Waals surface area (Å²) in [6, 6.07) is 11.1. The van der Waals surface area contributed by atoms with Gasteiger partial charge < -0.3 is 24.6 Å². The van der Waals surface area contributed by atoms with E-state index in [0.717, 1.165) is 22.0 Å². The number of carbonyl (C=O) groups is 1. The molecule has 0 amide bonds. The topological polar surface area (TPSA) is 111 Å². The predicted molar refractivity (Wildman–Crippen MR) is 139 cm³/mol. The van der Waals surface area contributed by atoms with Crippen LogP contribution in [0.5, 0.6) is 5.75 Å². The molecule has 0 radical (unpaired) electrons. The Labute approximate surface area is 210 Å². The van der Waals surface area contributed by atoms with Crippen molar-refractivity contribution in [2.75, 3.05) is 13.2 Å². The van der Waals surface area contributed by atoms with Gasteiger partial charge >= 0.3 is 5.97 Å². The monoisotopic (exact) mass is 498 g/mol. The van der Waals surface area contributed by atoms with Crippen LogP contribution in [-0.4, -0.2) is 36.1 Å². The van der Waals surface area contributed by atoms with Gasteiger partial charge in [0.15, 0.2) is 0 Å². The lowest BCUT2D eigenvalue weighted by molar-refractivity contribution is -0.142. The van der Waals surface area contributed by atoms with Crippen LogP contribution in [0.4, 0.5) is 0 Å². The lowest BCUT2D eigenvalue weighted by atomic mass is 10.1. The Bertz CT molecular complexity index is 1220. The highest BCUT2D eigenvalue weighted by molar-refractivity contribution is 6.32. The summed E-state index contributed by atoms with van der Waals surface area (Å²) in [5.74, 6) is 6.07. The number of H-pyrrole nitrogens is 1. The van der Waals surface area contributed by atoms with Gasteiger partial charge in [0.05, 0.1) is 35.4 Å². The maximum absolute atomic E-state index is 11.5. The van der Waals surface area contributed by atoms with Crippen LogP contribution in [0.15, 0.2) is 54.2 Å².